The van der Waals surface area contributed by atoms with Crippen LogP contribution >= 0.6 is 34.9 Å². The van der Waals surface area contributed by atoms with E-state index in [2.05, 4.69) is 9.88 Å². The molecule has 1 atom stereocenters. The Labute approximate surface area is 187 Å². The Kier molecular flexibility index (Phi) is 6.35. The number of amidine groups is 1. The van der Waals surface area contributed by atoms with Crippen molar-refractivity contribution < 1.29 is 4.79 Å². The average Bonchev–Trinajstić information content (AvgIpc) is 3.40. The molecule has 2 aromatic rings. The van der Waals surface area contributed by atoms with E-state index in [1.807, 2.05) is 36.0 Å². The van der Waals surface area contributed by atoms with E-state index in [-0.39, 0.29) is 16.8 Å². The molecule has 7 nitrogen and oxygen atoms in total. The summed E-state index contributed by atoms with van der Waals surface area (Å²) < 4.78 is 0. The van der Waals surface area contributed by atoms with Gasteiger partial charge in [0.15, 0.2) is 10.3 Å². The van der Waals surface area contributed by atoms with E-state index in [4.69, 9.17) is 16.2 Å². The van der Waals surface area contributed by atoms with E-state index in [1.54, 1.807) is 17.7 Å². The number of carbonyl (C=O) groups is 1. The fourth-order valence-electron chi connectivity index (χ4n) is 3.24. The summed E-state index contributed by atoms with van der Waals surface area (Å²) in [6.45, 7) is 2.05. The van der Waals surface area contributed by atoms with Crippen LogP contribution < -0.4 is 9.80 Å². The van der Waals surface area contributed by atoms with Crippen LogP contribution in [0.5, 0.6) is 0 Å². The lowest BCUT2D eigenvalue weighted by atomic mass is 9.96. The van der Waals surface area contributed by atoms with Gasteiger partial charge in [0, 0.05) is 48.1 Å². The van der Waals surface area contributed by atoms with Crippen LogP contribution in [-0.4, -0.2) is 52.6 Å². The van der Waals surface area contributed by atoms with Crippen molar-refractivity contribution in [2.45, 2.75) is 0 Å². The fourth-order valence-corrected chi connectivity index (χ4v) is 5.71. The number of allylic oxidation sites excluding steroid dienone is 1. The van der Waals surface area contributed by atoms with Gasteiger partial charge in [0.25, 0.3) is 5.91 Å². The molecule has 3 heterocycles. The first-order valence-electron chi connectivity index (χ1n) is 9.33. The van der Waals surface area contributed by atoms with Gasteiger partial charge in [0.2, 0.25) is 0 Å². The number of aromatic nitrogens is 1. The van der Waals surface area contributed by atoms with Crippen molar-refractivity contribution in [3.63, 3.8) is 0 Å². The molecule has 30 heavy (non-hydrogen) atoms. The molecule has 0 aliphatic carbocycles. The van der Waals surface area contributed by atoms with Gasteiger partial charge in [-0.1, -0.05) is 18.2 Å². The zero-order valence-electron chi connectivity index (χ0n) is 16.0. The van der Waals surface area contributed by atoms with Crippen LogP contribution in [0.15, 0.2) is 46.8 Å². The third-order valence-electron chi connectivity index (χ3n) is 4.83. The predicted octanol–water partition coefficient (Wildman–Crippen LogP) is 3.93. The van der Waals surface area contributed by atoms with Crippen LogP contribution in [0, 0.1) is 22.1 Å². The lowest BCUT2D eigenvalue weighted by Crippen LogP contribution is -2.32. The van der Waals surface area contributed by atoms with Crippen LogP contribution in [0.3, 0.4) is 0 Å². The standard InChI is InChI=1S/C20H20N6OS3/c21-12-14(11-16-18(27)26(19(23)30-16)20-24-5-8-29-20)17(22)13-1-3-15(4-2-13)25-6-9-28-10-7-25/h1-5,8,11-12,14,21-23H,6-7,9-10H2/b16-11-,21-12?,22-17?,23-19?. The highest BCUT2D eigenvalue weighted by atomic mass is 32.2. The van der Waals surface area contributed by atoms with Crippen molar-refractivity contribution in [3.05, 3.63) is 52.4 Å². The maximum Gasteiger partial charge on any atom is 0.272 e. The molecule has 2 aliphatic heterocycles. The zero-order chi connectivity index (χ0) is 21.1. The molecule has 1 aromatic heterocycles. The summed E-state index contributed by atoms with van der Waals surface area (Å²) >= 11 is 4.29. The minimum Gasteiger partial charge on any atom is -0.370 e. The van der Waals surface area contributed by atoms with Gasteiger partial charge >= 0.3 is 0 Å². The van der Waals surface area contributed by atoms with Crippen LogP contribution in [-0.2, 0) is 4.79 Å². The van der Waals surface area contributed by atoms with Gasteiger partial charge in [0.05, 0.1) is 16.5 Å². The van der Waals surface area contributed by atoms with Crippen molar-refractivity contribution >= 4 is 68.7 Å². The quantitative estimate of drug-likeness (QED) is 0.451. The van der Waals surface area contributed by atoms with Gasteiger partial charge in [0.1, 0.15) is 0 Å². The SMILES string of the molecule is N=CC(/C=C1\SC(=N)N(c2nccs2)C1=O)C(=N)c1ccc(N2CCSCC2)cc1. The molecule has 0 saturated carbocycles. The summed E-state index contributed by atoms with van der Waals surface area (Å²) in [5.41, 5.74) is 2.12. The minimum atomic E-state index is -0.641. The van der Waals surface area contributed by atoms with Crippen molar-refractivity contribution in [3.8, 4) is 0 Å². The van der Waals surface area contributed by atoms with Gasteiger partial charge < -0.3 is 15.7 Å². The van der Waals surface area contributed by atoms with E-state index in [0.29, 0.717) is 10.0 Å². The van der Waals surface area contributed by atoms with E-state index in [1.165, 1.54) is 16.2 Å². The van der Waals surface area contributed by atoms with Crippen LogP contribution in [0.25, 0.3) is 0 Å². The molecule has 3 N–H and O–H groups in total. The highest BCUT2D eigenvalue weighted by Gasteiger charge is 2.35. The molecule has 1 amide bonds. The molecule has 0 spiro atoms. The maximum atomic E-state index is 12.8. The largest absolute Gasteiger partial charge is 0.370 e. The molecule has 10 heteroatoms. The van der Waals surface area contributed by atoms with Gasteiger partial charge in [-0.05, 0) is 29.5 Å². The highest BCUT2D eigenvalue weighted by Crippen LogP contribution is 2.35. The second-order valence-electron chi connectivity index (χ2n) is 6.65. The van der Waals surface area contributed by atoms with Crippen molar-refractivity contribution in [1.82, 2.24) is 4.98 Å². The van der Waals surface area contributed by atoms with Gasteiger partial charge in [-0.3, -0.25) is 10.2 Å². The normalized spacial score (nSPS) is 19.4. The van der Waals surface area contributed by atoms with Crippen molar-refractivity contribution in [2.24, 2.45) is 5.92 Å². The number of hydrogen-bond acceptors (Lipinski definition) is 9. The van der Waals surface area contributed by atoms with E-state index in [0.717, 1.165) is 53.8 Å². The summed E-state index contributed by atoms with van der Waals surface area (Å²) in [4.78, 5) is 20.8. The Hall–Kier alpha value is -2.43. The lowest BCUT2D eigenvalue weighted by molar-refractivity contribution is -0.113. The lowest BCUT2D eigenvalue weighted by Gasteiger charge is -2.28. The molecular formula is C20H20N6OS3. The molecule has 0 radical (unpaired) electrons. The monoisotopic (exact) mass is 456 g/mol. The molecule has 2 fully saturated rings. The number of thioether (sulfide) groups is 2. The number of amides is 1. The smallest absolute Gasteiger partial charge is 0.272 e. The number of benzene rings is 1. The first-order chi connectivity index (χ1) is 14.6. The number of nitrogens with zero attached hydrogens (tertiary/aromatic N) is 3. The number of hydrogen-bond donors (Lipinski definition) is 3. The average molecular weight is 457 g/mol. The topological polar surface area (TPSA) is 108 Å². The number of anilines is 2. The zero-order valence-corrected chi connectivity index (χ0v) is 18.4. The Balaban J connectivity index is 1.51. The number of thiazole rings is 1. The summed E-state index contributed by atoms with van der Waals surface area (Å²) in [7, 11) is 0. The van der Waals surface area contributed by atoms with Crippen LogP contribution in [0.1, 0.15) is 5.56 Å². The molecule has 1 aromatic carbocycles. The third-order valence-corrected chi connectivity index (χ3v) is 7.44. The molecular weight excluding hydrogens is 436 g/mol. The highest BCUT2D eigenvalue weighted by molar-refractivity contribution is 8.19. The molecule has 154 valence electrons. The summed E-state index contributed by atoms with van der Waals surface area (Å²) in [6, 6.07) is 7.84. The third kappa shape index (κ3) is 4.21. The molecule has 4 rings (SSSR count). The maximum absolute atomic E-state index is 12.8. The second kappa shape index (κ2) is 9.15. The van der Waals surface area contributed by atoms with Crippen LogP contribution in [0.4, 0.5) is 10.8 Å². The van der Waals surface area contributed by atoms with E-state index >= 15 is 0 Å². The second-order valence-corrected chi connectivity index (χ2v) is 9.77. The Morgan fingerprint density at radius 1 is 1.20 bits per heavy atom. The molecule has 2 saturated heterocycles. The first kappa shape index (κ1) is 20.8. The number of carbonyl (C=O) groups excluding carboxylic acids is 1. The van der Waals surface area contributed by atoms with Gasteiger partial charge in [-0.2, -0.15) is 11.8 Å². The van der Waals surface area contributed by atoms with Gasteiger partial charge in [-0.25, -0.2) is 9.88 Å². The Morgan fingerprint density at radius 3 is 2.57 bits per heavy atom. The summed E-state index contributed by atoms with van der Waals surface area (Å²) in [5, 5.41) is 26.8. The van der Waals surface area contributed by atoms with E-state index in [9.17, 15) is 4.79 Å². The molecule has 0 bridgehead atoms. The molecule has 2 aliphatic rings. The minimum absolute atomic E-state index is 0.0838. The summed E-state index contributed by atoms with van der Waals surface area (Å²) in [5.74, 6) is 1.27. The molecule has 1 unspecified atom stereocenters. The summed E-state index contributed by atoms with van der Waals surface area (Å²) in [6.07, 6.45) is 4.35. The van der Waals surface area contributed by atoms with Crippen molar-refractivity contribution in [2.75, 3.05) is 34.4 Å². The van der Waals surface area contributed by atoms with Gasteiger partial charge in [-0.15, -0.1) is 11.3 Å². The first-order valence-corrected chi connectivity index (χ1v) is 12.2. The Morgan fingerprint density at radius 2 is 1.93 bits per heavy atom. The Bertz CT molecular complexity index is 996. The van der Waals surface area contributed by atoms with E-state index < -0.39 is 5.92 Å². The van der Waals surface area contributed by atoms with Crippen molar-refractivity contribution in [1.29, 1.82) is 16.2 Å². The fraction of sp³-hybridized carbons (Fsp3) is 0.250. The number of rotatable bonds is 6. The number of nitrogens with one attached hydrogen (secondary N) is 3. The predicted molar refractivity (Wildman–Crippen MR) is 128 cm³/mol. The van der Waals surface area contributed by atoms with Crippen LogP contribution in [0.2, 0.25) is 0 Å².